The molecule has 1 heterocycles. The molecule has 1 rings (SSSR count). The normalized spacial score (nSPS) is 12.1. The quantitative estimate of drug-likeness (QED) is 0.786. The van der Waals surface area contributed by atoms with E-state index in [9.17, 15) is 8.42 Å². The van der Waals surface area contributed by atoms with Gasteiger partial charge in [0.2, 0.25) is 10.0 Å². The first-order chi connectivity index (χ1) is 9.41. The summed E-state index contributed by atoms with van der Waals surface area (Å²) in [4.78, 5) is 4.26. The molecule has 0 aromatic carbocycles. The molecule has 0 amide bonds. The van der Waals surface area contributed by atoms with Crippen LogP contribution in [-0.2, 0) is 14.8 Å². The first-order valence-electron chi connectivity index (χ1n) is 6.54. The fourth-order valence-electron chi connectivity index (χ4n) is 1.74. The molecule has 1 N–H and O–H groups in total. The summed E-state index contributed by atoms with van der Waals surface area (Å²) in [6.45, 7) is 5.13. The number of hydrogen-bond donors (Lipinski definition) is 1. The van der Waals surface area contributed by atoms with Crippen LogP contribution in [0.1, 0.15) is 13.8 Å². The van der Waals surface area contributed by atoms with Crippen molar-refractivity contribution in [2.75, 3.05) is 39.2 Å². The summed E-state index contributed by atoms with van der Waals surface area (Å²) in [6.07, 6.45) is 1.38. The predicted octanol–water partition coefficient (Wildman–Crippen LogP) is 1.42. The van der Waals surface area contributed by atoms with Gasteiger partial charge in [-0.15, -0.1) is 0 Å². The Morgan fingerprint density at radius 2 is 2.10 bits per heavy atom. The van der Waals surface area contributed by atoms with Gasteiger partial charge in [-0.1, -0.05) is 13.8 Å². The van der Waals surface area contributed by atoms with Gasteiger partial charge in [0.05, 0.1) is 6.61 Å². The number of ether oxygens (including phenoxy) is 1. The van der Waals surface area contributed by atoms with E-state index >= 15 is 0 Å². The maximum Gasteiger partial charge on any atom is 0.244 e. The molecule has 1 aromatic heterocycles. The van der Waals surface area contributed by atoms with Gasteiger partial charge in [-0.25, -0.2) is 13.4 Å². The molecule has 0 aliphatic rings. The lowest BCUT2D eigenvalue weighted by Gasteiger charge is -2.23. The van der Waals surface area contributed by atoms with Crippen molar-refractivity contribution < 1.29 is 13.2 Å². The Balaban J connectivity index is 3.00. The summed E-state index contributed by atoms with van der Waals surface area (Å²) in [5.74, 6) is 0.877. The molecule has 0 aliphatic heterocycles. The molecular formula is C13H23N3O3S. The molecule has 0 saturated heterocycles. The molecule has 114 valence electrons. The second kappa shape index (κ2) is 7.56. The van der Waals surface area contributed by atoms with Gasteiger partial charge < -0.3 is 10.1 Å². The van der Waals surface area contributed by atoms with Gasteiger partial charge in [-0.05, 0) is 18.1 Å². The van der Waals surface area contributed by atoms with Gasteiger partial charge >= 0.3 is 0 Å². The first-order valence-corrected chi connectivity index (χ1v) is 7.98. The van der Waals surface area contributed by atoms with E-state index in [4.69, 9.17) is 4.74 Å². The van der Waals surface area contributed by atoms with Crippen LogP contribution in [0.5, 0.6) is 0 Å². The SMILES string of the molecule is CNc1ccc(S(=O)(=O)N(CCOC)CC(C)C)cn1. The number of sulfonamides is 1. The van der Waals surface area contributed by atoms with Gasteiger partial charge in [0.15, 0.2) is 0 Å². The summed E-state index contributed by atoms with van der Waals surface area (Å²) < 4.78 is 31.6. The van der Waals surface area contributed by atoms with E-state index in [1.807, 2.05) is 13.8 Å². The standard InChI is InChI=1S/C13H23N3O3S/c1-11(2)10-16(7-8-19-4)20(17,18)12-5-6-13(14-3)15-9-12/h5-6,9,11H,7-8,10H2,1-4H3,(H,14,15). The molecule has 0 unspecified atom stereocenters. The summed E-state index contributed by atoms with van der Waals surface area (Å²) >= 11 is 0. The number of rotatable bonds is 8. The van der Waals surface area contributed by atoms with Crippen LogP contribution < -0.4 is 5.32 Å². The molecule has 7 heteroatoms. The maximum atomic E-state index is 12.6. The fraction of sp³-hybridized carbons (Fsp3) is 0.615. The number of aromatic nitrogens is 1. The highest BCUT2D eigenvalue weighted by molar-refractivity contribution is 7.89. The Labute approximate surface area is 121 Å². The largest absolute Gasteiger partial charge is 0.383 e. The third kappa shape index (κ3) is 4.43. The highest BCUT2D eigenvalue weighted by atomic mass is 32.2. The summed E-state index contributed by atoms with van der Waals surface area (Å²) in [6, 6.07) is 3.21. The summed E-state index contributed by atoms with van der Waals surface area (Å²) in [5, 5.41) is 2.86. The Hall–Kier alpha value is -1.18. The number of anilines is 1. The van der Waals surface area contributed by atoms with Gasteiger partial charge in [0, 0.05) is 33.4 Å². The monoisotopic (exact) mass is 301 g/mol. The van der Waals surface area contributed by atoms with Gasteiger partial charge in [-0.3, -0.25) is 0 Å². The van der Waals surface area contributed by atoms with Crippen LogP contribution in [0.4, 0.5) is 5.82 Å². The maximum absolute atomic E-state index is 12.6. The van der Waals surface area contributed by atoms with Crippen LogP contribution in [0.3, 0.4) is 0 Å². The van der Waals surface area contributed by atoms with Crippen molar-refractivity contribution >= 4 is 15.8 Å². The zero-order chi connectivity index (χ0) is 15.2. The van der Waals surface area contributed by atoms with Crippen LogP contribution in [0, 0.1) is 5.92 Å². The van der Waals surface area contributed by atoms with Gasteiger partial charge in [-0.2, -0.15) is 4.31 Å². The van der Waals surface area contributed by atoms with E-state index < -0.39 is 10.0 Å². The van der Waals surface area contributed by atoms with E-state index in [-0.39, 0.29) is 10.8 Å². The lowest BCUT2D eigenvalue weighted by atomic mass is 10.2. The molecule has 0 spiro atoms. The second-order valence-electron chi connectivity index (χ2n) is 4.88. The summed E-state index contributed by atoms with van der Waals surface area (Å²) in [5.41, 5.74) is 0. The third-order valence-corrected chi connectivity index (χ3v) is 4.59. The van der Waals surface area contributed by atoms with Crippen LogP contribution in [0.2, 0.25) is 0 Å². The van der Waals surface area contributed by atoms with Crippen molar-refractivity contribution in [1.82, 2.24) is 9.29 Å². The minimum atomic E-state index is -3.53. The van der Waals surface area contributed by atoms with Crippen molar-refractivity contribution in [2.24, 2.45) is 5.92 Å². The van der Waals surface area contributed by atoms with E-state index in [0.29, 0.717) is 25.5 Å². The van der Waals surface area contributed by atoms with Crippen molar-refractivity contribution in [3.63, 3.8) is 0 Å². The Kier molecular flexibility index (Phi) is 6.38. The first kappa shape index (κ1) is 16.9. The molecule has 1 aromatic rings. The Morgan fingerprint density at radius 3 is 2.55 bits per heavy atom. The van der Waals surface area contributed by atoms with E-state index in [1.165, 1.54) is 10.5 Å². The number of methoxy groups -OCH3 is 1. The third-order valence-electron chi connectivity index (χ3n) is 2.74. The van der Waals surface area contributed by atoms with Gasteiger partial charge in [0.25, 0.3) is 0 Å². The average Bonchev–Trinajstić information content (AvgIpc) is 2.43. The highest BCUT2D eigenvalue weighted by Gasteiger charge is 2.25. The smallest absolute Gasteiger partial charge is 0.244 e. The fourth-order valence-corrected chi connectivity index (χ4v) is 3.27. The minimum Gasteiger partial charge on any atom is -0.383 e. The van der Waals surface area contributed by atoms with Crippen LogP contribution in [0.25, 0.3) is 0 Å². The zero-order valence-electron chi connectivity index (χ0n) is 12.5. The van der Waals surface area contributed by atoms with Crippen molar-refractivity contribution in [3.05, 3.63) is 18.3 Å². The van der Waals surface area contributed by atoms with Crippen molar-refractivity contribution in [2.45, 2.75) is 18.7 Å². The number of nitrogens with one attached hydrogen (secondary N) is 1. The lowest BCUT2D eigenvalue weighted by molar-refractivity contribution is 0.175. The topological polar surface area (TPSA) is 71.5 Å². The van der Waals surface area contributed by atoms with E-state index in [1.54, 1.807) is 26.3 Å². The molecule has 0 atom stereocenters. The molecular weight excluding hydrogens is 278 g/mol. The zero-order valence-corrected chi connectivity index (χ0v) is 13.3. The second-order valence-corrected chi connectivity index (χ2v) is 6.82. The van der Waals surface area contributed by atoms with Crippen molar-refractivity contribution in [1.29, 1.82) is 0 Å². The Bertz CT molecular complexity index is 500. The van der Waals surface area contributed by atoms with E-state index in [2.05, 4.69) is 10.3 Å². The number of hydrogen-bond acceptors (Lipinski definition) is 5. The van der Waals surface area contributed by atoms with Crippen LogP contribution in [0.15, 0.2) is 23.2 Å². The molecule has 0 bridgehead atoms. The molecule has 0 fully saturated rings. The minimum absolute atomic E-state index is 0.202. The summed E-state index contributed by atoms with van der Waals surface area (Å²) in [7, 11) is -0.235. The molecule has 0 aliphatic carbocycles. The number of nitrogens with zero attached hydrogens (tertiary/aromatic N) is 2. The highest BCUT2D eigenvalue weighted by Crippen LogP contribution is 2.17. The number of pyridine rings is 1. The van der Waals surface area contributed by atoms with Gasteiger partial charge in [0.1, 0.15) is 10.7 Å². The molecule has 0 radical (unpaired) electrons. The van der Waals surface area contributed by atoms with E-state index in [0.717, 1.165) is 0 Å². The average molecular weight is 301 g/mol. The lowest BCUT2D eigenvalue weighted by Crippen LogP contribution is -2.36. The molecule has 20 heavy (non-hydrogen) atoms. The Morgan fingerprint density at radius 1 is 1.40 bits per heavy atom. The van der Waals surface area contributed by atoms with Crippen LogP contribution in [-0.4, -0.2) is 51.6 Å². The van der Waals surface area contributed by atoms with Crippen molar-refractivity contribution in [3.8, 4) is 0 Å². The predicted molar refractivity (Wildman–Crippen MR) is 79.3 cm³/mol. The molecule has 0 saturated carbocycles. The van der Waals surface area contributed by atoms with Crippen LogP contribution >= 0.6 is 0 Å². The molecule has 6 nitrogen and oxygen atoms in total.